The van der Waals surface area contributed by atoms with Crippen LogP contribution in [0, 0.1) is 0 Å². The van der Waals surface area contributed by atoms with Gasteiger partial charge in [-0.15, -0.1) is 5.10 Å². The summed E-state index contributed by atoms with van der Waals surface area (Å²) in [6.45, 7) is 0. The molecular weight excluding hydrogens is 278 g/mol. The largest absolute Gasteiger partial charge is 0.391 e. The molecule has 3 rings (SSSR count). The van der Waals surface area contributed by atoms with Crippen LogP contribution in [0.2, 0.25) is 0 Å². The van der Waals surface area contributed by atoms with Gasteiger partial charge in [-0.25, -0.2) is 18.3 Å². The van der Waals surface area contributed by atoms with Gasteiger partial charge in [-0.1, -0.05) is 11.8 Å². The summed E-state index contributed by atoms with van der Waals surface area (Å²) in [5.74, 6) is -0.271. The number of aliphatic hydroxyl groups excluding tert-OH is 1. The van der Waals surface area contributed by atoms with Gasteiger partial charge in [0.15, 0.2) is 15.0 Å². The molecular formula is C9H13N3O4S2. The molecule has 2 atom stereocenters. The van der Waals surface area contributed by atoms with Crippen LogP contribution in [-0.2, 0) is 9.84 Å². The van der Waals surface area contributed by atoms with Crippen molar-refractivity contribution in [3.8, 4) is 0 Å². The third-order valence-corrected chi connectivity index (χ3v) is 6.32. The van der Waals surface area contributed by atoms with Crippen LogP contribution in [0.15, 0.2) is 9.95 Å². The predicted octanol–water partition coefficient (Wildman–Crippen LogP) is -0.844. The fourth-order valence-electron chi connectivity index (χ4n) is 2.07. The predicted molar refractivity (Wildman–Crippen MR) is 65.4 cm³/mol. The first-order valence-electron chi connectivity index (χ1n) is 5.68. The lowest BCUT2D eigenvalue weighted by Crippen LogP contribution is -2.22. The van der Waals surface area contributed by atoms with E-state index >= 15 is 0 Å². The number of aromatic nitrogens is 3. The van der Waals surface area contributed by atoms with Gasteiger partial charge >= 0.3 is 5.69 Å². The Bertz CT molecular complexity index is 616. The Morgan fingerprint density at radius 3 is 2.67 bits per heavy atom. The highest BCUT2D eigenvalue weighted by molar-refractivity contribution is 8.01. The second-order valence-electron chi connectivity index (χ2n) is 4.71. The summed E-state index contributed by atoms with van der Waals surface area (Å²) in [5, 5.41) is 16.0. The second-order valence-corrected chi connectivity index (χ2v) is 8.07. The fraction of sp³-hybridized carbons (Fsp3) is 0.778. The van der Waals surface area contributed by atoms with Gasteiger partial charge in [0.1, 0.15) is 0 Å². The van der Waals surface area contributed by atoms with Crippen LogP contribution in [0.25, 0.3) is 0 Å². The Morgan fingerprint density at radius 1 is 1.39 bits per heavy atom. The maximum Gasteiger partial charge on any atom is 0.344 e. The molecule has 1 aliphatic heterocycles. The molecule has 2 heterocycles. The minimum atomic E-state index is -3.17. The Morgan fingerprint density at radius 2 is 2.11 bits per heavy atom. The number of thioether (sulfide) groups is 1. The number of hydrogen-bond donors (Lipinski definition) is 2. The number of rotatable bonds is 3. The monoisotopic (exact) mass is 291 g/mol. The van der Waals surface area contributed by atoms with E-state index in [1.54, 1.807) is 4.57 Å². The molecule has 1 aliphatic carbocycles. The van der Waals surface area contributed by atoms with Crippen molar-refractivity contribution in [3.05, 3.63) is 10.5 Å². The van der Waals surface area contributed by atoms with E-state index in [4.69, 9.17) is 0 Å². The Kier molecular flexibility index (Phi) is 2.79. The van der Waals surface area contributed by atoms with E-state index in [0.717, 1.165) is 12.8 Å². The SMILES string of the molecule is O=c1[nH]nc(SC2CS(=O)(=O)CC2O)n1C1CC1. The molecule has 2 aliphatic rings. The molecule has 1 saturated carbocycles. The van der Waals surface area contributed by atoms with E-state index < -0.39 is 21.2 Å². The number of nitrogens with zero attached hydrogens (tertiary/aromatic N) is 2. The third-order valence-electron chi connectivity index (χ3n) is 3.11. The van der Waals surface area contributed by atoms with E-state index in [2.05, 4.69) is 10.2 Å². The van der Waals surface area contributed by atoms with E-state index in [1.807, 2.05) is 0 Å². The summed E-state index contributed by atoms with van der Waals surface area (Å²) in [6.07, 6.45) is 0.997. The number of nitrogens with one attached hydrogen (secondary N) is 1. The molecule has 0 aromatic carbocycles. The average molecular weight is 291 g/mol. The van der Waals surface area contributed by atoms with Crippen LogP contribution in [-0.4, -0.2) is 51.1 Å². The van der Waals surface area contributed by atoms with Gasteiger partial charge in [0.25, 0.3) is 0 Å². The third kappa shape index (κ3) is 2.21. The first-order valence-corrected chi connectivity index (χ1v) is 8.38. The summed E-state index contributed by atoms with van der Waals surface area (Å²) in [6, 6.07) is 0.175. The normalized spacial score (nSPS) is 30.7. The average Bonchev–Trinajstić information content (AvgIpc) is 2.97. The van der Waals surface area contributed by atoms with Gasteiger partial charge in [-0.2, -0.15) is 0 Å². The van der Waals surface area contributed by atoms with Gasteiger partial charge < -0.3 is 5.11 Å². The van der Waals surface area contributed by atoms with E-state index in [0.29, 0.717) is 5.16 Å². The topological polar surface area (TPSA) is 105 Å². The van der Waals surface area contributed by atoms with E-state index in [1.165, 1.54) is 11.8 Å². The molecule has 100 valence electrons. The van der Waals surface area contributed by atoms with Crippen molar-refractivity contribution >= 4 is 21.6 Å². The number of aromatic amines is 1. The van der Waals surface area contributed by atoms with Crippen molar-refractivity contribution in [1.29, 1.82) is 0 Å². The van der Waals surface area contributed by atoms with E-state index in [-0.39, 0.29) is 23.2 Å². The summed E-state index contributed by atoms with van der Waals surface area (Å²) >= 11 is 1.17. The molecule has 1 saturated heterocycles. The molecule has 1 aromatic heterocycles. The first kappa shape index (κ1) is 12.2. The highest BCUT2D eigenvalue weighted by atomic mass is 32.2. The Balaban J connectivity index is 1.83. The quantitative estimate of drug-likeness (QED) is 0.752. The molecule has 7 nitrogen and oxygen atoms in total. The molecule has 2 N–H and O–H groups in total. The van der Waals surface area contributed by atoms with Crippen LogP contribution in [0.1, 0.15) is 18.9 Å². The maximum absolute atomic E-state index is 11.6. The van der Waals surface area contributed by atoms with Crippen molar-refractivity contribution in [3.63, 3.8) is 0 Å². The standard InChI is InChI=1S/C9H13N3O4S2/c13-6-3-18(15,16)4-7(6)17-9-11-10-8(14)12(9)5-1-2-5/h5-7,13H,1-4H2,(H,10,14). The number of aliphatic hydroxyl groups is 1. The fourth-order valence-corrected chi connectivity index (χ4v) is 5.67. The second kappa shape index (κ2) is 4.10. The van der Waals surface area contributed by atoms with Gasteiger partial charge in [-0.05, 0) is 12.8 Å². The number of sulfone groups is 1. The van der Waals surface area contributed by atoms with Gasteiger partial charge in [-0.3, -0.25) is 4.57 Å². The lowest BCUT2D eigenvalue weighted by atomic mass is 10.3. The molecule has 9 heteroatoms. The summed E-state index contributed by atoms with van der Waals surface area (Å²) in [4.78, 5) is 11.6. The zero-order valence-corrected chi connectivity index (χ0v) is 11.1. The van der Waals surface area contributed by atoms with Gasteiger partial charge in [0, 0.05) is 6.04 Å². The van der Waals surface area contributed by atoms with Gasteiger partial charge in [0.2, 0.25) is 0 Å². The molecule has 18 heavy (non-hydrogen) atoms. The van der Waals surface area contributed by atoms with E-state index in [9.17, 15) is 18.3 Å². The molecule has 1 aromatic rings. The summed E-state index contributed by atoms with van der Waals surface area (Å²) in [7, 11) is -3.17. The van der Waals surface area contributed by atoms with Crippen molar-refractivity contribution in [2.45, 2.75) is 35.4 Å². The minimum Gasteiger partial charge on any atom is -0.391 e. The van der Waals surface area contributed by atoms with Crippen LogP contribution in [0.4, 0.5) is 0 Å². The van der Waals surface area contributed by atoms with Crippen LogP contribution >= 0.6 is 11.8 Å². The van der Waals surface area contributed by atoms with Crippen LogP contribution in [0.5, 0.6) is 0 Å². The maximum atomic E-state index is 11.6. The lowest BCUT2D eigenvalue weighted by molar-refractivity contribution is 0.207. The molecule has 0 bridgehead atoms. The van der Waals surface area contributed by atoms with Crippen molar-refractivity contribution < 1.29 is 13.5 Å². The first-order chi connectivity index (χ1) is 8.46. The molecule has 2 fully saturated rings. The highest BCUT2D eigenvalue weighted by Gasteiger charge is 2.39. The summed E-state index contributed by atoms with van der Waals surface area (Å²) < 4.78 is 24.4. The molecule has 0 spiro atoms. The molecule has 0 amide bonds. The zero-order chi connectivity index (χ0) is 12.9. The zero-order valence-electron chi connectivity index (χ0n) is 9.44. The highest BCUT2D eigenvalue weighted by Crippen LogP contribution is 2.38. The number of H-pyrrole nitrogens is 1. The molecule has 0 radical (unpaired) electrons. The lowest BCUT2D eigenvalue weighted by Gasteiger charge is -2.11. The Hall–Kier alpha value is -0.800. The van der Waals surface area contributed by atoms with Crippen molar-refractivity contribution in [2.75, 3.05) is 11.5 Å². The Labute approximate surface area is 108 Å². The van der Waals surface area contributed by atoms with Crippen molar-refractivity contribution in [2.24, 2.45) is 0 Å². The van der Waals surface area contributed by atoms with Gasteiger partial charge in [0.05, 0.1) is 22.9 Å². The molecule has 2 unspecified atom stereocenters. The van der Waals surface area contributed by atoms with Crippen LogP contribution in [0.3, 0.4) is 0 Å². The van der Waals surface area contributed by atoms with Crippen molar-refractivity contribution in [1.82, 2.24) is 14.8 Å². The number of hydrogen-bond acceptors (Lipinski definition) is 6. The minimum absolute atomic E-state index is 0.0649. The summed E-state index contributed by atoms with van der Waals surface area (Å²) in [5.41, 5.74) is -0.268. The van der Waals surface area contributed by atoms with Crippen LogP contribution < -0.4 is 5.69 Å². The smallest absolute Gasteiger partial charge is 0.344 e.